The van der Waals surface area contributed by atoms with Gasteiger partial charge >= 0.3 is 0 Å². The fourth-order valence-corrected chi connectivity index (χ4v) is 1.97. The molecule has 0 aromatic carbocycles. The van der Waals surface area contributed by atoms with Gasteiger partial charge in [-0.15, -0.1) is 0 Å². The third-order valence-corrected chi connectivity index (χ3v) is 3.11. The molecule has 0 spiro atoms. The van der Waals surface area contributed by atoms with Gasteiger partial charge in [0.15, 0.2) is 0 Å². The maximum Gasteiger partial charge on any atom is 0.252 e. The monoisotopic (exact) mass is 264 g/mol. The summed E-state index contributed by atoms with van der Waals surface area (Å²) in [7, 11) is 3.84. The number of aromatic nitrogens is 1. The Morgan fingerprint density at radius 2 is 2.42 bits per heavy atom. The summed E-state index contributed by atoms with van der Waals surface area (Å²) in [5, 5.41) is 5.79. The highest BCUT2D eigenvalue weighted by Crippen LogP contribution is 2.05. The first-order chi connectivity index (χ1) is 9.19. The summed E-state index contributed by atoms with van der Waals surface area (Å²) in [5.74, 6) is 0.626. The van der Waals surface area contributed by atoms with Gasteiger partial charge in [-0.25, -0.2) is 4.98 Å². The number of carbonyl (C=O) groups is 1. The summed E-state index contributed by atoms with van der Waals surface area (Å²) in [6.45, 7) is 3.03. The van der Waals surface area contributed by atoms with Crippen molar-refractivity contribution < 1.29 is 9.53 Å². The number of hydrogen-bond donors (Lipinski definition) is 2. The maximum atomic E-state index is 11.9. The van der Waals surface area contributed by atoms with Gasteiger partial charge in [-0.3, -0.25) is 4.79 Å². The Morgan fingerprint density at radius 1 is 1.58 bits per heavy atom. The van der Waals surface area contributed by atoms with E-state index < -0.39 is 0 Å². The zero-order chi connectivity index (χ0) is 13.7. The third kappa shape index (κ3) is 3.90. The summed E-state index contributed by atoms with van der Waals surface area (Å²) in [4.78, 5) is 18.2. The summed E-state index contributed by atoms with van der Waals surface area (Å²) in [6, 6.07) is 3.53. The van der Waals surface area contributed by atoms with E-state index in [2.05, 4.69) is 27.6 Å². The van der Waals surface area contributed by atoms with Crippen LogP contribution >= 0.6 is 0 Å². The Hall–Kier alpha value is -1.66. The average molecular weight is 264 g/mol. The minimum absolute atomic E-state index is 0.0623. The number of amides is 1. The van der Waals surface area contributed by atoms with Crippen LogP contribution in [-0.4, -0.2) is 62.2 Å². The highest BCUT2D eigenvalue weighted by molar-refractivity contribution is 5.94. The van der Waals surface area contributed by atoms with E-state index in [4.69, 9.17) is 4.74 Å². The van der Waals surface area contributed by atoms with E-state index in [1.807, 2.05) is 0 Å². The molecule has 1 aliphatic rings. The van der Waals surface area contributed by atoms with Crippen LogP contribution in [0.1, 0.15) is 10.4 Å². The molecule has 1 aromatic rings. The molecule has 1 aliphatic heterocycles. The van der Waals surface area contributed by atoms with E-state index >= 15 is 0 Å². The molecule has 0 aliphatic carbocycles. The number of anilines is 1. The predicted molar refractivity (Wildman–Crippen MR) is 73.4 cm³/mol. The van der Waals surface area contributed by atoms with Crippen molar-refractivity contribution in [1.29, 1.82) is 0 Å². The van der Waals surface area contributed by atoms with Gasteiger partial charge in [0.2, 0.25) is 0 Å². The van der Waals surface area contributed by atoms with Crippen LogP contribution in [-0.2, 0) is 4.74 Å². The van der Waals surface area contributed by atoms with Crippen LogP contribution in [0.3, 0.4) is 0 Å². The molecule has 1 fully saturated rings. The number of ether oxygens (including phenoxy) is 1. The largest absolute Gasteiger partial charge is 0.374 e. The number of likely N-dealkylation sites (N-methyl/N-ethyl adjacent to an activating group) is 1. The second-order valence-electron chi connectivity index (χ2n) is 4.65. The van der Waals surface area contributed by atoms with Crippen LogP contribution in [0.2, 0.25) is 0 Å². The molecule has 2 heterocycles. The van der Waals surface area contributed by atoms with Crippen LogP contribution in [0.4, 0.5) is 5.82 Å². The number of rotatable bonds is 4. The van der Waals surface area contributed by atoms with Crippen LogP contribution in [0.5, 0.6) is 0 Å². The molecule has 2 N–H and O–H groups in total. The Labute approximate surface area is 113 Å². The van der Waals surface area contributed by atoms with Crippen LogP contribution in [0.15, 0.2) is 18.3 Å². The topological polar surface area (TPSA) is 66.5 Å². The quantitative estimate of drug-likeness (QED) is 0.812. The van der Waals surface area contributed by atoms with Crippen molar-refractivity contribution in [2.45, 2.75) is 6.10 Å². The number of carbonyl (C=O) groups excluding carboxylic acids is 1. The van der Waals surface area contributed by atoms with Crippen molar-refractivity contribution in [3.8, 4) is 0 Å². The smallest absolute Gasteiger partial charge is 0.252 e. The SMILES string of the molecule is CNc1ccc(C(=O)NCC2CN(C)CCO2)cn1. The molecule has 0 bridgehead atoms. The number of morpholine rings is 1. The molecule has 0 saturated carbocycles. The van der Waals surface area contributed by atoms with Gasteiger partial charge in [0.1, 0.15) is 5.82 Å². The van der Waals surface area contributed by atoms with Crippen LogP contribution in [0.25, 0.3) is 0 Å². The van der Waals surface area contributed by atoms with Crippen molar-refractivity contribution in [2.75, 3.05) is 45.7 Å². The molecule has 1 aromatic heterocycles. The minimum Gasteiger partial charge on any atom is -0.374 e. The van der Waals surface area contributed by atoms with E-state index in [1.165, 1.54) is 0 Å². The first kappa shape index (κ1) is 13.8. The van der Waals surface area contributed by atoms with E-state index in [0.717, 1.165) is 25.5 Å². The standard InChI is InChI=1S/C13H20N4O2/c1-14-12-4-3-10(7-15-12)13(18)16-8-11-9-17(2)5-6-19-11/h3-4,7,11H,5-6,8-9H2,1-2H3,(H,14,15)(H,16,18). The maximum absolute atomic E-state index is 11.9. The number of nitrogens with zero attached hydrogens (tertiary/aromatic N) is 2. The van der Waals surface area contributed by atoms with E-state index in [1.54, 1.807) is 25.4 Å². The normalized spacial score (nSPS) is 20.0. The Balaban J connectivity index is 1.83. The lowest BCUT2D eigenvalue weighted by molar-refractivity contribution is -0.0175. The molecular formula is C13H20N4O2. The van der Waals surface area contributed by atoms with Gasteiger partial charge in [0.05, 0.1) is 18.3 Å². The first-order valence-electron chi connectivity index (χ1n) is 6.41. The Bertz CT molecular complexity index is 421. The lowest BCUT2D eigenvalue weighted by Crippen LogP contribution is -2.45. The van der Waals surface area contributed by atoms with Crippen molar-refractivity contribution in [3.63, 3.8) is 0 Å². The van der Waals surface area contributed by atoms with E-state index in [0.29, 0.717) is 12.1 Å². The molecule has 104 valence electrons. The molecule has 6 nitrogen and oxygen atoms in total. The molecule has 6 heteroatoms. The molecular weight excluding hydrogens is 244 g/mol. The molecule has 0 radical (unpaired) electrons. The zero-order valence-corrected chi connectivity index (χ0v) is 11.3. The van der Waals surface area contributed by atoms with Crippen molar-refractivity contribution in [2.24, 2.45) is 0 Å². The number of pyridine rings is 1. The van der Waals surface area contributed by atoms with Crippen molar-refractivity contribution >= 4 is 11.7 Å². The first-order valence-corrected chi connectivity index (χ1v) is 6.41. The molecule has 19 heavy (non-hydrogen) atoms. The predicted octanol–water partition coefficient (Wildman–Crippen LogP) is 0.184. The fourth-order valence-electron chi connectivity index (χ4n) is 1.97. The molecule has 1 amide bonds. The van der Waals surface area contributed by atoms with E-state index in [-0.39, 0.29) is 12.0 Å². The average Bonchev–Trinajstić information content (AvgIpc) is 2.45. The fraction of sp³-hybridized carbons (Fsp3) is 0.538. The van der Waals surface area contributed by atoms with Crippen LogP contribution in [0, 0.1) is 0 Å². The van der Waals surface area contributed by atoms with Gasteiger partial charge in [0.25, 0.3) is 5.91 Å². The summed E-state index contributed by atoms with van der Waals surface area (Å²) < 4.78 is 5.59. The number of hydrogen-bond acceptors (Lipinski definition) is 5. The van der Waals surface area contributed by atoms with Gasteiger partial charge in [0, 0.05) is 32.9 Å². The molecule has 1 saturated heterocycles. The summed E-state index contributed by atoms with van der Waals surface area (Å²) in [6.07, 6.45) is 1.63. The molecule has 2 rings (SSSR count). The van der Waals surface area contributed by atoms with Gasteiger partial charge in [-0.2, -0.15) is 0 Å². The van der Waals surface area contributed by atoms with Crippen LogP contribution < -0.4 is 10.6 Å². The van der Waals surface area contributed by atoms with Gasteiger partial charge < -0.3 is 20.3 Å². The summed E-state index contributed by atoms with van der Waals surface area (Å²) in [5.41, 5.74) is 0.558. The lowest BCUT2D eigenvalue weighted by atomic mass is 10.2. The highest BCUT2D eigenvalue weighted by Gasteiger charge is 2.18. The van der Waals surface area contributed by atoms with Crippen molar-refractivity contribution in [1.82, 2.24) is 15.2 Å². The second-order valence-corrected chi connectivity index (χ2v) is 4.65. The molecule has 1 unspecified atom stereocenters. The van der Waals surface area contributed by atoms with Gasteiger partial charge in [-0.05, 0) is 19.2 Å². The minimum atomic E-state index is -0.119. The number of nitrogens with one attached hydrogen (secondary N) is 2. The van der Waals surface area contributed by atoms with Crippen molar-refractivity contribution in [3.05, 3.63) is 23.9 Å². The highest BCUT2D eigenvalue weighted by atomic mass is 16.5. The lowest BCUT2D eigenvalue weighted by Gasteiger charge is -2.30. The Kier molecular flexibility index (Phi) is 4.70. The molecule has 1 atom stereocenters. The zero-order valence-electron chi connectivity index (χ0n) is 11.3. The summed E-state index contributed by atoms with van der Waals surface area (Å²) >= 11 is 0. The second kappa shape index (κ2) is 6.49. The Morgan fingerprint density at radius 3 is 3.05 bits per heavy atom. The van der Waals surface area contributed by atoms with E-state index in [9.17, 15) is 4.79 Å². The third-order valence-electron chi connectivity index (χ3n) is 3.11. The van der Waals surface area contributed by atoms with Gasteiger partial charge in [-0.1, -0.05) is 0 Å².